The minimum atomic E-state index is -2.13. The fourth-order valence-electron chi connectivity index (χ4n) is 2.55. The topological polar surface area (TPSA) is 46.5 Å². The lowest BCUT2D eigenvalue weighted by Gasteiger charge is -2.40. The third kappa shape index (κ3) is 5.85. The molecule has 0 aliphatic heterocycles. The summed E-state index contributed by atoms with van der Waals surface area (Å²) in [5.41, 5.74) is 1.93. The predicted octanol–water partition coefficient (Wildman–Crippen LogP) is 5.23. The summed E-state index contributed by atoms with van der Waals surface area (Å²) in [6.45, 7) is 12.8. The molecule has 0 fully saturated rings. The molecule has 1 N–H and O–H groups in total. The van der Waals surface area contributed by atoms with Crippen molar-refractivity contribution in [3.8, 4) is 0 Å². The molecule has 0 spiro atoms. The molecule has 0 radical (unpaired) electrons. The molecule has 0 saturated carbocycles. The van der Waals surface area contributed by atoms with Gasteiger partial charge in [-0.25, -0.2) is 0 Å². The van der Waals surface area contributed by atoms with E-state index in [0.717, 1.165) is 16.0 Å². The van der Waals surface area contributed by atoms with E-state index in [4.69, 9.17) is 4.43 Å². The lowest BCUT2D eigenvalue weighted by molar-refractivity contribution is 0.0403. The molecule has 2 aromatic carbocycles. The number of hydrogen-bond acceptors (Lipinski definition) is 3. The van der Waals surface area contributed by atoms with Crippen LogP contribution in [-0.2, 0) is 15.2 Å². The van der Waals surface area contributed by atoms with Gasteiger partial charge in [-0.15, -0.1) is 0 Å². The number of aliphatic hydroxyl groups excluding tert-OH is 1. The standard InChI is InChI=1S/C22H32O3SSi/c1-17-12-14-19(15-13-17)26(24)16-20(25-27(5,6)22(2,3)4)21(23)18-10-8-7-9-11-18/h7-15,20-21,23H,16H2,1-6H3/t20-,21+,26?/m1/s1. The second-order valence-corrected chi connectivity index (χ2v) is 14.8. The zero-order valence-electron chi connectivity index (χ0n) is 17.2. The molecule has 3 atom stereocenters. The van der Waals surface area contributed by atoms with Gasteiger partial charge in [0.2, 0.25) is 0 Å². The maximum Gasteiger partial charge on any atom is 0.192 e. The van der Waals surface area contributed by atoms with Gasteiger partial charge in [0.15, 0.2) is 8.32 Å². The summed E-state index contributed by atoms with van der Waals surface area (Å²) in [6.07, 6.45) is -1.33. The fraction of sp³-hybridized carbons (Fsp3) is 0.455. The van der Waals surface area contributed by atoms with E-state index in [2.05, 4.69) is 33.9 Å². The van der Waals surface area contributed by atoms with Gasteiger partial charge in [-0.05, 0) is 42.8 Å². The molecule has 0 aromatic heterocycles. The lowest BCUT2D eigenvalue weighted by atomic mass is 10.1. The second kappa shape index (κ2) is 8.82. The van der Waals surface area contributed by atoms with Crippen molar-refractivity contribution in [2.45, 2.75) is 62.9 Å². The van der Waals surface area contributed by atoms with Crippen LogP contribution in [0.2, 0.25) is 18.1 Å². The van der Waals surface area contributed by atoms with Crippen molar-refractivity contribution in [2.75, 3.05) is 5.75 Å². The van der Waals surface area contributed by atoms with Gasteiger partial charge in [-0.3, -0.25) is 4.21 Å². The van der Waals surface area contributed by atoms with Crippen LogP contribution in [0.25, 0.3) is 0 Å². The normalized spacial score (nSPS) is 16.0. The van der Waals surface area contributed by atoms with Gasteiger partial charge in [0.05, 0.1) is 22.7 Å². The molecular formula is C22H32O3SSi. The highest BCUT2D eigenvalue weighted by molar-refractivity contribution is 7.85. The third-order valence-electron chi connectivity index (χ3n) is 5.34. The van der Waals surface area contributed by atoms with Crippen LogP contribution in [-0.4, -0.2) is 29.5 Å². The zero-order chi connectivity index (χ0) is 20.2. The summed E-state index contributed by atoms with van der Waals surface area (Å²) in [5, 5.41) is 11.0. The first-order valence-electron chi connectivity index (χ1n) is 9.37. The van der Waals surface area contributed by atoms with Crippen LogP contribution in [0.5, 0.6) is 0 Å². The van der Waals surface area contributed by atoms with Crippen molar-refractivity contribution < 1.29 is 13.7 Å². The molecule has 0 amide bonds. The first-order valence-corrected chi connectivity index (χ1v) is 13.6. The van der Waals surface area contributed by atoms with Gasteiger partial charge >= 0.3 is 0 Å². The van der Waals surface area contributed by atoms with Crippen LogP contribution in [0.4, 0.5) is 0 Å². The lowest BCUT2D eigenvalue weighted by Crippen LogP contribution is -2.47. The number of aryl methyl sites for hydroxylation is 1. The SMILES string of the molecule is Cc1ccc(S(=O)C[C@@H](O[Si](C)(C)C(C)(C)C)[C@@H](O)c2ccccc2)cc1. The second-order valence-electron chi connectivity index (χ2n) is 8.60. The van der Waals surface area contributed by atoms with E-state index in [9.17, 15) is 9.32 Å². The van der Waals surface area contributed by atoms with Crippen LogP contribution in [0.15, 0.2) is 59.5 Å². The predicted molar refractivity (Wildman–Crippen MR) is 116 cm³/mol. The Hall–Kier alpha value is -1.27. The molecular weight excluding hydrogens is 372 g/mol. The van der Waals surface area contributed by atoms with Crippen LogP contribution >= 0.6 is 0 Å². The molecule has 5 heteroatoms. The molecule has 3 nitrogen and oxygen atoms in total. The maximum absolute atomic E-state index is 13.0. The van der Waals surface area contributed by atoms with E-state index in [1.807, 2.05) is 61.5 Å². The molecule has 0 aliphatic carbocycles. The Balaban J connectivity index is 2.28. The van der Waals surface area contributed by atoms with E-state index in [0.29, 0.717) is 0 Å². The summed E-state index contributed by atoms with van der Waals surface area (Å²) in [5.74, 6) is 0.269. The van der Waals surface area contributed by atoms with E-state index in [1.54, 1.807) is 0 Å². The van der Waals surface area contributed by atoms with Crippen molar-refractivity contribution in [1.29, 1.82) is 0 Å². The first kappa shape index (κ1) is 22.0. The largest absolute Gasteiger partial charge is 0.410 e. The van der Waals surface area contributed by atoms with Gasteiger partial charge in [0.1, 0.15) is 6.10 Å². The van der Waals surface area contributed by atoms with E-state index in [-0.39, 0.29) is 10.8 Å². The highest BCUT2D eigenvalue weighted by atomic mass is 32.2. The van der Waals surface area contributed by atoms with Crippen molar-refractivity contribution in [2.24, 2.45) is 0 Å². The minimum absolute atomic E-state index is 0.00695. The van der Waals surface area contributed by atoms with Gasteiger partial charge in [-0.1, -0.05) is 68.8 Å². The average Bonchev–Trinajstić information content (AvgIpc) is 2.60. The number of rotatable bonds is 7. The Labute approximate surface area is 167 Å². The fourth-order valence-corrected chi connectivity index (χ4v) is 5.17. The Bertz CT molecular complexity index is 751. The monoisotopic (exact) mass is 404 g/mol. The summed E-state index contributed by atoms with van der Waals surface area (Å²) in [6, 6.07) is 17.2. The van der Waals surface area contributed by atoms with Crippen molar-refractivity contribution in [3.63, 3.8) is 0 Å². The van der Waals surface area contributed by atoms with Gasteiger partial charge in [0, 0.05) is 4.90 Å². The van der Waals surface area contributed by atoms with E-state index in [1.165, 1.54) is 0 Å². The van der Waals surface area contributed by atoms with Crippen molar-refractivity contribution in [1.82, 2.24) is 0 Å². The number of aliphatic hydroxyl groups is 1. The van der Waals surface area contributed by atoms with Crippen LogP contribution in [0.1, 0.15) is 38.0 Å². The van der Waals surface area contributed by atoms with E-state index >= 15 is 0 Å². The zero-order valence-corrected chi connectivity index (χ0v) is 19.0. The number of benzene rings is 2. The first-order chi connectivity index (χ1) is 12.5. The molecule has 27 heavy (non-hydrogen) atoms. The van der Waals surface area contributed by atoms with E-state index < -0.39 is 31.3 Å². The summed E-state index contributed by atoms with van der Waals surface area (Å²) < 4.78 is 19.5. The molecule has 148 valence electrons. The Kier molecular flexibility index (Phi) is 7.19. The summed E-state index contributed by atoms with van der Waals surface area (Å²) in [7, 11) is -3.38. The highest BCUT2D eigenvalue weighted by Crippen LogP contribution is 2.39. The van der Waals surface area contributed by atoms with Crippen molar-refractivity contribution >= 4 is 19.1 Å². The molecule has 2 rings (SSSR count). The molecule has 0 saturated heterocycles. The summed E-state index contributed by atoms with van der Waals surface area (Å²) in [4.78, 5) is 0.768. The van der Waals surface area contributed by atoms with Gasteiger partial charge < -0.3 is 9.53 Å². The molecule has 1 unspecified atom stereocenters. The third-order valence-corrected chi connectivity index (χ3v) is 11.3. The van der Waals surface area contributed by atoms with Crippen LogP contribution < -0.4 is 0 Å². The molecule has 0 heterocycles. The maximum atomic E-state index is 13.0. The summed E-state index contributed by atoms with van der Waals surface area (Å²) >= 11 is 0. The van der Waals surface area contributed by atoms with Crippen molar-refractivity contribution in [3.05, 3.63) is 65.7 Å². The van der Waals surface area contributed by atoms with Crippen LogP contribution in [0, 0.1) is 6.92 Å². The van der Waals surface area contributed by atoms with Gasteiger partial charge in [0.25, 0.3) is 0 Å². The Morgan fingerprint density at radius 3 is 2.11 bits per heavy atom. The Morgan fingerprint density at radius 1 is 1.04 bits per heavy atom. The highest BCUT2D eigenvalue weighted by Gasteiger charge is 2.41. The number of hydrogen-bond donors (Lipinski definition) is 1. The van der Waals surface area contributed by atoms with Gasteiger partial charge in [-0.2, -0.15) is 0 Å². The average molecular weight is 405 g/mol. The molecule has 2 aromatic rings. The molecule has 0 bridgehead atoms. The Morgan fingerprint density at radius 2 is 1.59 bits per heavy atom. The molecule has 0 aliphatic rings. The quantitative estimate of drug-likeness (QED) is 0.643. The minimum Gasteiger partial charge on any atom is -0.410 e. The smallest absolute Gasteiger partial charge is 0.192 e. The van der Waals surface area contributed by atoms with Crippen LogP contribution in [0.3, 0.4) is 0 Å².